The van der Waals surface area contributed by atoms with Gasteiger partial charge in [0.05, 0.1) is 27.8 Å². The molecule has 0 spiro atoms. The summed E-state index contributed by atoms with van der Waals surface area (Å²) < 4.78 is 1.19. The predicted octanol–water partition coefficient (Wildman–Crippen LogP) is 22.7. The van der Waals surface area contributed by atoms with E-state index in [1.165, 1.54) is 64.8 Å². The summed E-state index contributed by atoms with van der Waals surface area (Å²) in [4.78, 5) is 4.83. The zero-order chi connectivity index (χ0) is 53.3. The lowest BCUT2D eigenvalue weighted by Gasteiger charge is -2.33. The molecule has 0 saturated heterocycles. The van der Waals surface area contributed by atoms with Gasteiger partial charge in [0.15, 0.2) is 0 Å². The molecule has 4 heteroatoms. The molecule has 0 aliphatic carbocycles. The van der Waals surface area contributed by atoms with Crippen molar-refractivity contribution < 1.29 is 0 Å². The lowest BCUT2D eigenvalue weighted by Crippen LogP contribution is -2.17. The Bertz CT molecular complexity index is 4300. The van der Waals surface area contributed by atoms with Crippen LogP contribution in [0.4, 0.5) is 34.1 Å². The van der Waals surface area contributed by atoms with Crippen LogP contribution in [-0.4, -0.2) is 0 Å². The summed E-state index contributed by atoms with van der Waals surface area (Å²) >= 11 is 10.2. The van der Waals surface area contributed by atoms with Gasteiger partial charge in [-0.15, -0.1) is 11.3 Å². The van der Waals surface area contributed by atoms with Gasteiger partial charge in [-0.2, -0.15) is 0 Å². The first-order valence-corrected chi connectivity index (χ1v) is 28.2. The quantitative estimate of drug-likeness (QED) is 0.126. The zero-order valence-electron chi connectivity index (χ0n) is 44.9. The van der Waals surface area contributed by atoms with E-state index in [1.807, 2.05) is 0 Å². The van der Waals surface area contributed by atoms with Crippen LogP contribution in [0.1, 0.15) is 52.7 Å². The van der Waals surface area contributed by atoms with Gasteiger partial charge in [-0.1, -0.05) is 235 Å². The van der Waals surface area contributed by atoms with Crippen LogP contribution in [-0.2, 0) is 10.8 Å². The van der Waals surface area contributed by atoms with E-state index in [-0.39, 0.29) is 10.8 Å². The van der Waals surface area contributed by atoms with E-state index in [9.17, 15) is 0 Å². The third-order valence-electron chi connectivity index (χ3n) is 15.7. The first kappa shape index (κ1) is 49.1. The first-order valence-electron chi connectivity index (χ1n) is 27.0. The monoisotopic (exact) mass is 1040 g/mol. The summed E-state index contributed by atoms with van der Waals surface area (Å²) in [7, 11) is 0. The summed E-state index contributed by atoms with van der Waals surface area (Å²) in [5.74, 6) is 0. The van der Waals surface area contributed by atoms with Crippen LogP contribution >= 0.6 is 22.9 Å². The molecule has 0 fully saturated rings. The second-order valence-corrected chi connectivity index (χ2v) is 24.0. The molecular weight excluding hydrogens is 984 g/mol. The molecule has 1 aromatic heterocycles. The average Bonchev–Trinajstić information content (AvgIpc) is 4.05. The standard InChI is InChI=1S/C74H59ClN2S/c1-73(2,3)57-32-37-60(38-33-57)76(59-35-27-51(28-36-59)48-17-10-7-11-18-48)66-44-56(50-21-14-9-15-22-50)45-67(72(66)75)77(68-47-78-69-42-31-55(43-64(68)69)49-19-12-8-13-20-49)65-41-34-58(74(4,5)6)46-63(65)61-39-29-54-26-25-52-23-16-24-53-30-40-62(61)71(54)70(52)53/h7-47H,1-6H3. The fourth-order valence-corrected chi connectivity index (χ4v) is 12.6. The minimum absolute atomic E-state index is 0.0299. The van der Waals surface area contributed by atoms with Crippen molar-refractivity contribution in [1.29, 1.82) is 0 Å². The second kappa shape index (κ2) is 19.5. The summed E-state index contributed by atoms with van der Waals surface area (Å²) in [6.45, 7) is 13.7. The number of benzene rings is 12. The van der Waals surface area contributed by atoms with E-state index in [1.54, 1.807) is 11.3 Å². The Labute approximate surface area is 467 Å². The van der Waals surface area contributed by atoms with Crippen molar-refractivity contribution in [2.24, 2.45) is 0 Å². The highest BCUT2D eigenvalue weighted by molar-refractivity contribution is 7.17. The number of halogens is 1. The Morgan fingerprint density at radius 1 is 0.333 bits per heavy atom. The molecule has 0 amide bonds. The average molecular weight is 1040 g/mol. The molecule has 13 aromatic rings. The van der Waals surface area contributed by atoms with E-state index < -0.39 is 0 Å². The second-order valence-electron chi connectivity index (χ2n) is 22.7. The van der Waals surface area contributed by atoms with E-state index in [0.29, 0.717) is 5.02 Å². The molecular formula is C74H59ClN2S. The molecule has 2 nitrogen and oxygen atoms in total. The van der Waals surface area contributed by atoms with Gasteiger partial charge in [-0.25, -0.2) is 0 Å². The van der Waals surface area contributed by atoms with Gasteiger partial charge < -0.3 is 9.80 Å². The van der Waals surface area contributed by atoms with Crippen LogP contribution in [0.2, 0.25) is 5.02 Å². The lowest BCUT2D eigenvalue weighted by atomic mass is 9.83. The van der Waals surface area contributed by atoms with Crippen molar-refractivity contribution in [3.05, 3.63) is 264 Å². The van der Waals surface area contributed by atoms with Gasteiger partial charge in [0.1, 0.15) is 0 Å². The molecule has 13 rings (SSSR count). The first-order chi connectivity index (χ1) is 37.9. The SMILES string of the molecule is CC(C)(C)c1ccc(N(c2ccc(-c3ccccc3)cc2)c2cc(-c3ccccc3)cc(N(c3ccc(C(C)(C)C)cc3-c3ccc4ccc5cccc6ccc3c4c56)c3csc4ccc(-c5ccccc5)cc34)c2Cl)cc1. The summed E-state index contributed by atoms with van der Waals surface area (Å²) in [6, 6.07) is 89.2. The molecule has 0 bridgehead atoms. The van der Waals surface area contributed by atoms with Crippen LogP contribution in [0.15, 0.2) is 248 Å². The predicted molar refractivity (Wildman–Crippen MR) is 339 cm³/mol. The van der Waals surface area contributed by atoms with Crippen LogP contribution in [0.3, 0.4) is 0 Å². The number of fused-ring (bicyclic) bond motifs is 1. The normalized spacial score (nSPS) is 12.0. The van der Waals surface area contributed by atoms with Crippen molar-refractivity contribution in [2.45, 2.75) is 52.4 Å². The minimum atomic E-state index is -0.140. The minimum Gasteiger partial charge on any atom is -0.309 e. The fourth-order valence-electron chi connectivity index (χ4n) is 11.5. The molecule has 0 radical (unpaired) electrons. The number of anilines is 6. The fraction of sp³-hybridized carbons (Fsp3) is 0.108. The molecule has 0 saturated carbocycles. The largest absolute Gasteiger partial charge is 0.309 e. The lowest BCUT2D eigenvalue weighted by molar-refractivity contribution is 0.590. The Hall–Kier alpha value is -8.47. The maximum atomic E-state index is 8.45. The molecule has 0 atom stereocenters. The van der Waals surface area contributed by atoms with Gasteiger partial charge in [-0.3, -0.25) is 0 Å². The number of nitrogens with zero attached hydrogens (tertiary/aromatic N) is 2. The van der Waals surface area contributed by atoms with Crippen LogP contribution < -0.4 is 9.80 Å². The molecule has 12 aromatic carbocycles. The highest BCUT2D eigenvalue weighted by Gasteiger charge is 2.30. The maximum absolute atomic E-state index is 8.45. The van der Waals surface area contributed by atoms with E-state index in [4.69, 9.17) is 11.6 Å². The number of rotatable bonds is 10. The summed E-state index contributed by atoms with van der Waals surface area (Å²) in [5.41, 5.74) is 17.3. The third kappa shape index (κ3) is 8.87. The van der Waals surface area contributed by atoms with Crippen molar-refractivity contribution >= 4 is 99.5 Å². The Morgan fingerprint density at radius 2 is 0.833 bits per heavy atom. The molecule has 0 aliphatic heterocycles. The van der Waals surface area contributed by atoms with E-state index >= 15 is 0 Å². The zero-order valence-corrected chi connectivity index (χ0v) is 46.4. The van der Waals surface area contributed by atoms with Gasteiger partial charge in [0.2, 0.25) is 0 Å². The molecule has 78 heavy (non-hydrogen) atoms. The smallest absolute Gasteiger partial charge is 0.0887 e. The highest BCUT2D eigenvalue weighted by Crippen LogP contribution is 2.54. The topological polar surface area (TPSA) is 6.48 Å². The molecule has 378 valence electrons. The maximum Gasteiger partial charge on any atom is 0.0887 e. The summed E-state index contributed by atoms with van der Waals surface area (Å²) in [6.07, 6.45) is 0. The number of hydrogen-bond acceptors (Lipinski definition) is 3. The summed E-state index contributed by atoms with van der Waals surface area (Å²) in [5, 5.41) is 11.6. The van der Waals surface area contributed by atoms with Crippen molar-refractivity contribution in [1.82, 2.24) is 0 Å². The molecule has 0 aliphatic rings. The number of hydrogen-bond donors (Lipinski definition) is 0. The van der Waals surface area contributed by atoms with Crippen LogP contribution in [0.25, 0.3) is 86.9 Å². The Balaban J connectivity index is 1.13. The van der Waals surface area contributed by atoms with Gasteiger partial charge in [-0.05, 0) is 154 Å². The number of thiophene rings is 1. The van der Waals surface area contributed by atoms with Crippen LogP contribution in [0, 0.1) is 0 Å². The van der Waals surface area contributed by atoms with Gasteiger partial charge in [0, 0.05) is 32.4 Å². The van der Waals surface area contributed by atoms with Crippen LogP contribution in [0.5, 0.6) is 0 Å². The Kier molecular flexibility index (Phi) is 12.3. The van der Waals surface area contributed by atoms with Crippen molar-refractivity contribution in [2.75, 3.05) is 9.80 Å². The molecule has 1 heterocycles. The van der Waals surface area contributed by atoms with E-state index in [2.05, 4.69) is 299 Å². The third-order valence-corrected chi connectivity index (χ3v) is 17.0. The van der Waals surface area contributed by atoms with Crippen molar-refractivity contribution in [3.63, 3.8) is 0 Å². The van der Waals surface area contributed by atoms with Crippen molar-refractivity contribution in [3.8, 4) is 44.5 Å². The van der Waals surface area contributed by atoms with E-state index in [0.717, 1.165) is 67.3 Å². The van der Waals surface area contributed by atoms with Gasteiger partial charge in [0.25, 0.3) is 0 Å². The molecule has 0 unspecified atom stereocenters. The molecule has 0 N–H and O–H groups in total. The highest BCUT2D eigenvalue weighted by atomic mass is 35.5. The Morgan fingerprint density at radius 3 is 1.45 bits per heavy atom. The van der Waals surface area contributed by atoms with Gasteiger partial charge >= 0.3 is 0 Å².